The van der Waals surface area contributed by atoms with Crippen molar-refractivity contribution in [2.75, 3.05) is 17.2 Å². The Balaban J connectivity index is 2.10. The Labute approximate surface area is 116 Å². The topological polar surface area (TPSA) is 59.2 Å². The van der Waals surface area contributed by atoms with Crippen LogP contribution in [0.4, 0.5) is 11.4 Å². The van der Waals surface area contributed by atoms with E-state index >= 15 is 0 Å². The average Bonchev–Trinajstić information content (AvgIpc) is 2.42. The molecule has 1 aromatic carbocycles. The fourth-order valence-corrected chi connectivity index (χ4v) is 2.06. The van der Waals surface area contributed by atoms with Crippen LogP contribution in [0.5, 0.6) is 0 Å². The Morgan fingerprint density at radius 2 is 2.16 bits per heavy atom. The number of halogens is 1. The number of carbonyl (C=O) groups is 1. The number of benzene rings is 1. The third kappa shape index (κ3) is 3.45. The number of nitrogens with zero attached hydrogens (tertiary/aromatic N) is 2. The van der Waals surface area contributed by atoms with Gasteiger partial charge in [-0.15, -0.1) is 0 Å². The van der Waals surface area contributed by atoms with Gasteiger partial charge in [-0.2, -0.15) is 0 Å². The minimum absolute atomic E-state index is 0.466. The van der Waals surface area contributed by atoms with Gasteiger partial charge >= 0.3 is 0 Å². The van der Waals surface area contributed by atoms with Crippen LogP contribution in [0.1, 0.15) is 5.69 Å². The molecular weight excluding hydrogens is 262 g/mol. The van der Waals surface area contributed by atoms with E-state index in [1.165, 1.54) is 0 Å². The fourth-order valence-electron chi connectivity index (χ4n) is 1.77. The third-order valence-electron chi connectivity index (χ3n) is 2.74. The van der Waals surface area contributed by atoms with Crippen molar-refractivity contribution in [3.8, 4) is 0 Å². The number of rotatable bonds is 5. The zero-order valence-electron chi connectivity index (χ0n) is 10.3. The predicted molar refractivity (Wildman–Crippen MR) is 77.2 cm³/mol. The van der Waals surface area contributed by atoms with Crippen molar-refractivity contribution in [1.82, 2.24) is 4.98 Å². The highest BCUT2D eigenvalue weighted by molar-refractivity contribution is 6.33. The van der Waals surface area contributed by atoms with Gasteiger partial charge in [0.2, 0.25) is 6.41 Å². The molecule has 0 atom stereocenters. The van der Waals surface area contributed by atoms with Gasteiger partial charge in [-0.1, -0.05) is 17.7 Å². The number of hydrogen-bond donors (Lipinski definition) is 1. The van der Waals surface area contributed by atoms with E-state index in [1.54, 1.807) is 29.3 Å². The SMILES string of the molecule is Nc1ccc(N(C=O)CCc2ccccn2)c(Cl)c1. The van der Waals surface area contributed by atoms with E-state index in [4.69, 9.17) is 17.3 Å². The fraction of sp³-hybridized carbons (Fsp3) is 0.143. The van der Waals surface area contributed by atoms with Crippen LogP contribution in [0, 0.1) is 0 Å². The molecular formula is C14H14ClN3O. The summed E-state index contributed by atoms with van der Waals surface area (Å²) in [5, 5.41) is 0.466. The number of nitrogen functional groups attached to an aromatic ring is 1. The average molecular weight is 276 g/mol. The maximum absolute atomic E-state index is 11.2. The van der Waals surface area contributed by atoms with Gasteiger partial charge in [-0.3, -0.25) is 9.78 Å². The van der Waals surface area contributed by atoms with Crippen molar-refractivity contribution in [2.45, 2.75) is 6.42 Å². The molecule has 98 valence electrons. The summed E-state index contributed by atoms with van der Waals surface area (Å²) < 4.78 is 0. The molecule has 2 N–H and O–H groups in total. The van der Waals surface area contributed by atoms with Gasteiger partial charge in [-0.25, -0.2) is 0 Å². The summed E-state index contributed by atoms with van der Waals surface area (Å²) in [6, 6.07) is 10.8. The molecule has 0 saturated heterocycles. The van der Waals surface area contributed by atoms with Gasteiger partial charge < -0.3 is 10.6 Å². The van der Waals surface area contributed by atoms with E-state index in [0.717, 1.165) is 12.1 Å². The summed E-state index contributed by atoms with van der Waals surface area (Å²) in [5.41, 5.74) is 7.79. The Hall–Kier alpha value is -2.07. The number of amides is 1. The maximum atomic E-state index is 11.2. The second-order valence-electron chi connectivity index (χ2n) is 4.08. The van der Waals surface area contributed by atoms with E-state index in [1.807, 2.05) is 18.2 Å². The van der Waals surface area contributed by atoms with Gasteiger partial charge in [0, 0.05) is 30.5 Å². The molecule has 1 aromatic heterocycles. The summed E-state index contributed by atoms with van der Waals surface area (Å²) in [6.07, 6.45) is 3.16. The van der Waals surface area contributed by atoms with Crippen LogP contribution in [-0.4, -0.2) is 17.9 Å². The molecule has 0 saturated carbocycles. The zero-order chi connectivity index (χ0) is 13.7. The molecule has 0 radical (unpaired) electrons. The van der Waals surface area contributed by atoms with E-state index in [9.17, 15) is 4.79 Å². The summed E-state index contributed by atoms with van der Waals surface area (Å²) in [7, 11) is 0. The third-order valence-corrected chi connectivity index (χ3v) is 3.05. The zero-order valence-corrected chi connectivity index (χ0v) is 11.0. The van der Waals surface area contributed by atoms with Gasteiger partial charge in [0.15, 0.2) is 0 Å². The van der Waals surface area contributed by atoms with Crippen molar-refractivity contribution in [2.24, 2.45) is 0 Å². The molecule has 0 aliphatic rings. The molecule has 0 aliphatic heterocycles. The predicted octanol–water partition coefficient (Wildman–Crippen LogP) is 2.52. The molecule has 2 aromatic rings. The molecule has 4 nitrogen and oxygen atoms in total. The molecule has 1 amide bonds. The lowest BCUT2D eigenvalue weighted by molar-refractivity contribution is -0.107. The van der Waals surface area contributed by atoms with E-state index < -0.39 is 0 Å². The summed E-state index contributed by atoms with van der Waals surface area (Å²) >= 11 is 6.09. The Kier molecular flexibility index (Phi) is 4.36. The van der Waals surface area contributed by atoms with Crippen LogP contribution in [0.25, 0.3) is 0 Å². The number of anilines is 2. The van der Waals surface area contributed by atoms with Crippen LogP contribution in [0.3, 0.4) is 0 Å². The van der Waals surface area contributed by atoms with E-state index in [-0.39, 0.29) is 0 Å². The summed E-state index contributed by atoms with van der Waals surface area (Å²) in [5.74, 6) is 0. The van der Waals surface area contributed by atoms with Crippen LogP contribution in [0.15, 0.2) is 42.6 Å². The largest absolute Gasteiger partial charge is 0.399 e. The minimum atomic E-state index is 0.466. The van der Waals surface area contributed by atoms with Crippen LogP contribution < -0.4 is 10.6 Å². The van der Waals surface area contributed by atoms with Crippen molar-refractivity contribution in [3.63, 3.8) is 0 Å². The number of nitrogens with two attached hydrogens (primary N) is 1. The highest BCUT2D eigenvalue weighted by Crippen LogP contribution is 2.27. The van der Waals surface area contributed by atoms with Gasteiger partial charge in [0.1, 0.15) is 0 Å². The first-order chi connectivity index (χ1) is 9.20. The molecule has 1 heterocycles. The first kappa shape index (κ1) is 13.4. The molecule has 0 aliphatic carbocycles. The molecule has 0 bridgehead atoms. The lowest BCUT2D eigenvalue weighted by Crippen LogP contribution is -2.24. The van der Waals surface area contributed by atoms with E-state index in [2.05, 4.69) is 4.98 Å². The van der Waals surface area contributed by atoms with Crippen molar-refractivity contribution in [3.05, 3.63) is 53.3 Å². The van der Waals surface area contributed by atoms with Crippen molar-refractivity contribution < 1.29 is 4.79 Å². The Bertz CT molecular complexity index is 560. The number of hydrogen-bond acceptors (Lipinski definition) is 3. The number of aromatic nitrogens is 1. The molecule has 5 heteroatoms. The van der Waals surface area contributed by atoms with Gasteiger partial charge in [-0.05, 0) is 30.3 Å². The molecule has 0 fully saturated rings. The maximum Gasteiger partial charge on any atom is 0.214 e. The first-order valence-electron chi connectivity index (χ1n) is 5.87. The second kappa shape index (κ2) is 6.20. The lowest BCUT2D eigenvalue weighted by atomic mass is 10.2. The molecule has 2 rings (SSSR count). The highest BCUT2D eigenvalue weighted by Gasteiger charge is 2.10. The van der Waals surface area contributed by atoms with E-state index in [0.29, 0.717) is 29.4 Å². The first-order valence-corrected chi connectivity index (χ1v) is 6.25. The molecule has 19 heavy (non-hydrogen) atoms. The number of carbonyl (C=O) groups excluding carboxylic acids is 1. The monoisotopic (exact) mass is 275 g/mol. The quantitative estimate of drug-likeness (QED) is 0.674. The highest BCUT2D eigenvalue weighted by atomic mass is 35.5. The normalized spacial score (nSPS) is 10.2. The van der Waals surface area contributed by atoms with Crippen LogP contribution >= 0.6 is 11.6 Å². The van der Waals surface area contributed by atoms with Gasteiger partial charge in [0.25, 0.3) is 0 Å². The smallest absolute Gasteiger partial charge is 0.214 e. The lowest BCUT2D eigenvalue weighted by Gasteiger charge is -2.18. The second-order valence-corrected chi connectivity index (χ2v) is 4.49. The van der Waals surface area contributed by atoms with Crippen molar-refractivity contribution >= 4 is 29.4 Å². The van der Waals surface area contributed by atoms with Crippen molar-refractivity contribution in [1.29, 1.82) is 0 Å². The molecule has 0 spiro atoms. The molecule has 0 unspecified atom stereocenters. The van der Waals surface area contributed by atoms with Crippen LogP contribution in [-0.2, 0) is 11.2 Å². The Morgan fingerprint density at radius 3 is 2.79 bits per heavy atom. The van der Waals surface area contributed by atoms with Crippen LogP contribution in [0.2, 0.25) is 5.02 Å². The summed E-state index contributed by atoms with van der Waals surface area (Å²) in [6.45, 7) is 0.518. The number of pyridine rings is 1. The van der Waals surface area contributed by atoms with Gasteiger partial charge in [0.05, 0.1) is 10.7 Å². The Morgan fingerprint density at radius 1 is 1.32 bits per heavy atom. The minimum Gasteiger partial charge on any atom is -0.399 e. The standard InChI is InChI=1S/C14H14ClN3O/c15-13-9-11(16)4-5-14(13)18(10-19)8-6-12-3-1-2-7-17-12/h1-5,7,9-10H,6,8,16H2. The summed E-state index contributed by atoms with van der Waals surface area (Å²) in [4.78, 5) is 17.0.